The Labute approximate surface area is 193 Å². The molecule has 8 heteroatoms. The molecule has 2 heterocycles. The fourth-order valence-corrected chi connectivity index (χ4v) is 4.56. The summed E-state index contributed by atoms with van der Waals surface area (Å²) in [5.41, 5.74) is 3.63. The minimum Gasteiger partial charge on any atom is -0.497 e. The first-order valence-electron chi connectivity index (χ1n) is 10.8. The highest BCUT2D eigenvalue weighted by Crippen LogP contribution is 2.22. The molecule has 0 aliphatic carbocycles. The Hall–Kier alpha value is -3.13. The molecule has 32 heavy (non-hydrogen) atoms. The van der Waals surface area contributed by atoms with Gasteiger partial charge in [-0.05, 0) is 36.2 Å². The van der Waals surface area contributed by atoms with Crippen LogP contribution < -0.4 is 14.5 Å². The third-order valence-corrected chi connectivity index (χ3v) is 6.61. The second-order valence-corrected chi connectivity index (χ2v) is 8.76. The molecule has 4 rings (SSSR count). The lowest BCUT2D eigenvalue weighted by atomic mass is 10.1. The first kappa shape index (κ1) is 22.1. The number of carbonyl (C=O) groups is 1. The average molecular weight is 452 g/mol. The van der Waals surface area contributed by atoms with Crippen LogP contribution in [0, 0.1) is 6.92 Å². The third kappa shape index (κ3) is 5.19. The molecule has 0 bridgehead atoms. The Morgan fingerprint density at radius 3 is 2.66 bits per heavy atom. The van der Waals surface area contributed by atoms with Crippen LogP contribution >= 0.6 is 11.5 Å². The van der Waals surface area contributed by atoms with E-state index in [0.29, 0.717) is 13.0 Å². The molecule has 0 unspecified atom stereocenters. The molecule has 0 saturated carbocycles. The minimum atomic E-state index is 0.126. The standard InChI is InChI=1S/C24H29N5O2S/c1-18-7-4-5-10-21(18)28-11-13-29(14-12-28)23(30)17-27(2)24-25-22(26-32-24)16-19-8-6-9-20(15-19)31-3/h4-10,15H,11-14,16-17H2,1-3H3. The fraction of sp³-hybridized carbons (Fsp3) is 0.375. The van der Waals surface area contributed by atoms with Gasteiger partial charge in [-0.2, -0.15) is 4.37 Å². The Kier molecular flexibility index (Phi) is 6.90. The van der Waals surface area contributed by atoms with Crippen molar-refractivity contribution in [2.24, 2.45) is 0 Å². The van der Waals surface area contributed by atoms with Crippen LogP contribution in [0.4, 0.5) is 10.8 Å². The highest BCUT2D eigenvalue weighted by atomic mass is 32.1. The molecular weight excluding hydrogens is 422 g/mol. The van der Waals surface area contributed by atoms with E-state index in [2.05, 4.69) is 45.4 Å². The summed E-state index contributed by atoms with van der Waals surface area (Å²) in [6.07, 6.45) is 0.635. The zero-order chi connectivity index (χ0) is 22.5. The zero-order valence-corrected chi connectivity index (χ0v) is 19.6. The lowest BCUT2D eigenvalue weighted by Crippen LogP contribution is -2.51. The van der Waals surface area contributed by atoms with Gasteiger partial charge in [0.25, 0.3) is 0 Å². The number of amides is 1. The molecule has 1 aliphatic heterocycles. The SMILES string of the molecule is COc1cccc(Cc2nsc(N(C)CC(=O)N3CCN(c4ccccc4C)CC3)n2)c1. The lowest BCUT2D eigenvalue weighted by molar-refractivity contribution is -0.129. The number of aromatic nitrogens is 2. The maximum Gasteiger partial charge on any atom is 0.242 e. The number of methoxy groups -OCH3 is 1. The number of likely N-dealkylation sites (N-methyl/N-ethyl adjacent to an activating group) is 1. The maximum atomic E-state index is 12.9. The van der Waals surface area contributed by atoms with E-state index in [1.807, 2.05) is 41.1 Å². The molecule has 0 atom stereocenters. The second-order valence-electron chi connectivity index (χ2n) is 8.03. The van der Waals surface area contributed by atoms with Crippen molar-refractivity contribution in [3.05, 3.63) is 65.5 Å². The molecule has 7 nitrogen and oxygen atoms in total. The van der Waals surface area contributed by atoms with Gasteiger partial charge in [0, 0.05) is 56.9 Å². The molecule has 1 saturated heterocycles. The summed E-state index contributed by atoms with van der Waals surface area (Å²) < 4.78 is 9.76. The molecule has 3 aromatic rings. The van der Waals surface area contributed by atoms with Crippen molar-refractivity contribution in [3.63, 3.8) is 0 Å². The van der Waals surface area contributed by atoms with Crippen molar-refractivity contribution >= 4 is 28.3 Å². The van der Waals surface area contributed by atoms with Gasteiger partial charge in [0.05, 0.1) is 13.7 Å². The van der Waals surface area contributed by atoms with Crippen molar-refractivity contribution in [3.8, 4) is 5.75 Å². The van der Waals surface area contributed by atoms with E-state index in [1.54, 1.807) is 7.11 Å². The number of aryl methyl sites for hydroxylation is 1. The van der Waals surface area contributed by atoms with Crippen LogP contribution in [0.15, 0.2) is 48.5 Å². The number of piperazine rings is 1. The number of rotatable bonds is 7. The Bertz CT molecular complexity index is 1060. The third-order valence-electron chi connectivity index (χ3n) is 5.74. The Morgan fingerprint density at radius 2 is 1.91 bits per heavy atom. The predicted molar refractivity (Wildman–Crippen MR) is 129 cm³/mol. The molecule has 2 aromatic carbocycles. The van der Waals surface area contributed by atoms with Crippen LogP contribution in [0.1, 0.15) is 17.0 Å². The Balaban J connectivity index is 1.30. The summed E-state index contributed by atoms with van der Waals surface area (Å²) in [5.74, 6) is 1.70. The maximum absolute atomic E-state index is 12.9. The molecule has 0 N–H and O–H groups in total. The minimum absolute atomic E-state index is 0.126. The second kappa shape index (κ2) is 9.99. The van der Waals surface area contributed by atoms with Crippen LogP contribution in [0.3, 0.4) is 0 Å². The molecule has 168 valence electrons. The van der Waals surface area contributed by atoms with Gasteiger partial charge in [0.1, 0.15) is 11.6 Å². The summed E-state index contributed by atoms with van der Waals surface area (Å²) in [4.78, 5) is 23.7. The molecule has 1 aromatic heterocycles. The number of anilines is 2. The van der Waals surface area contributed by atoms with E-state index in [0.717, 1.165) is 48.4 Å². The molecule has 1 amide bonds. The Morgan fingerprint density at radius 1 is 1.12 bits per heavy atom. The van der Waals surface area contributed by atoms with E-state index in [4.69, 9.17) is 4.74 Å². The first-order chi connectivity index (χ1) is 15.5. The average Bonchev–Trinajstić information content (AvgIpc) is 3.28. The van der Waals surface area contributed by atoms with Gasteiger partial charge >= 0.3 is 0 Å². The summed E-state index contributed by atoms with van der Waals surface area (Å²) in [7, 11) is 3.56. The van der Waals surface area contributed by atoms with Crippen molar-refractivity contribution in [1.29, 1.82) is 0 Å². The van der Waals surface area contributed by atoms with Crippen LogP contribution in [0.25, 0.3) is 0 Å². The van der Waals surface area contributed by atoms with E-state index < -0.39 is 0 Å². The summed E-state index contributed by atoms with van der Waals surface area (Å²) in [6.45, 7) is 5.61. The highest BCUT2D eigenvalue weighted by molar-refractivity contribution is 7.09. The predicted octanol–water partition coefficient (Wildman–Crippen LogP) is 3.23. The summed E-state index contributed by atoms with van der Waals surface area (Å²) in [5, 5.41) is 0.759. The number of hydrogen-bond donors (Lipinski definition) is 0. The number of hydrogen-bond acceptors (Lipinski definition) is 7. The van der Waals surface area contributed by atoms with Crippen molar-refractivity contribution in [2.75, 3.05) is 56.7 Å². The van der Waals surface area contributed by atoms with Gasteiger partial charge in [0.2, 0.25) is 11.0 Å². The monoisotopic (exact) mass is 451 g/mol. The van der Waals surface area contributed by atoms with Gasteiger partial charge in [-0.3, -0.25) is 4.79 Å². The van der Waals surface area contributed by atoms with Gasteiger partial charge < -0.3 is 19.4 Å². The number of carbonyl (C=O) groups excluding carboxylic acids is 1. The summed E-state index contributed by atoms with van der Waals surface area (Å²) in [6, 6.07) is 16.3. The van der Waals surface area contributed by atoms with E-state index in [9.17, 15) is 4.79 Å². The zero-order valence-electron chi connectivity index (χ0n) is 18.8. The molecule has 0 spiro atoms. The quantitative estimate of drug-likeness (QED) is 0.550. The molecular formula is C24H29N5O2S. The van der Waals surface area contributed by atoms with Crippen LogP contribution in [0.2, 0.25) is 0 Å². The van der Waals surface area contributed by atoms with Crippen molar-refractivity contribution in [2.45, 2.75) is 13.3 Å². The van der Waals surface area contributed by atoms with Crippen molar-refractivity contribution < 1.29 is 9.53 Å². The van der Waals surface area contributed by atoms with Crippen LogP contribution in [0.5, 0.6) is 5.75 Å². The normalized spacial score (nSPS) is 13.8. The largest absolute Gasteiger partial charge is 0.497 e. The van der Waals surface area contributed by atoms with Gasteiger partial charge in [0.15, 0.2) is 0 Å². The molecule has 0 radical (unpaired) electrons. The van der Waals surface area contributed by atoms with E-state index in [1.165, 1.54) is 22.8 Å². The van der Waals surface area contributed by atoms with Crippen LogP contribution in [-0.2, 0) is 11.2 Å². The van der Waals surface area contributed by atoms with Gasteiger partial charge in [-0.25, -0.2) is 4.98 Å². The smallest absolute Gasteiger partial charge is 0.242 e. The summed E-state index contributed by atoms with van der Waals surface area (Å²) >= 11 is 1.33. The van der Waals surface area contributed by atoms with E-state index >= 15 is 0 Å². The molecule has 1 fully saturated rings. The van der Waals surface area contributed by atoms with Gasteiger partial charge in [-0.15, -0.1) is 0 Å². The molecule has 1 aliphatic rings. The number of nitrogens with zero attached hydrogens (tertiary/aromatic N) is 5. The van der Waals surface area contributed by atoms with Gasteiger partial charge in [-0.1, -0.05) is 30.3 Å². The number of para-hydroxylation sites is 1. The van der Waals surface area contributed by atoms with E-state index in [-0.39, 0.29) is 5.91 Å². The first-order valence-corrected chi connectivity index (χ1v) is 11.6. The number of benzene rings is 2. The topological polar surface area (TPSA) is 61.8 Å². The van der Waals surface area contributed by atoms with Crippen molar-refractivity contribution in [1.82, 2.24) is 14.3 Å². The fourth-order valence-electron chi connectivity index (χ4n) is 3.92. The lowest BCUT2D eigenvalue weighted by Gasteiger charge is -2.37. The highest BCUT2D eigenvalue weighted by Gasteiger charge is 2.23. The number of ether oxygens (including phenoxy) is 1. The van der Waals surface area contributed by atoms with Crippen LogP contribution in [-0.4, -0.2) is 67.0 Å².